The average molecular weight is 282 g/mol. The van der Waals surface area contributed by atoms with Gasteiger partial charge in [0.15, 0.2) is 0 Å². The van der Waals surface area contributed by atoms with E-state index in [2.05, 4.69) is 11.7 Å². The van der Waals surface area contributed by atoms with Crippen LogP contribution in [0.1, 0.15) is 80.7 Å². The van der Waals surface area contributed by atoms with Gasteiger partial charge in [-0.25, -0.2) is 4.79 Å². The minimum absolute atomic E-state index is 0.140. The first kappa shape index (κ1) is 16.8. The molecule has 0 bridgehead atoms. The zero-order valence-corrected chi connectivity index (χ0v) is 12.6. The lowest BCUT2D eigenvalue weighted by Crippen LogP contribution is -1.99. The molecule has 0 spiro atoms. The number of aliphatic hydroxyl groups excluding tert-OH is 1. The van der Waals surface area contributed by atoms with Crippen LogP contribution in [-0.4, -0.2) is 18.2 Å². The Morgan fingerprint density at radius 3 is 2.50 bits per heavy atom. The summed E-state index contributed by atoms with van der Waals surface area (Å²) >= 11 is 0. The van der Waals surface area contributed by atoms with E-state index in [1.54, 1.807) is 6.07 Å². The van der Waals surface area contributed by atoms with E-state index < -0.39 is 12.1 Å². The van der Waals surface area contributed by atoms with Crippen LogP contribution in [0.3, 0.4) is 0 Å². The molecule has 0 amide bonds. The van der Waals surface area contributed by atoms with Gasteiger partial charge in [0.05, 0.1) is 7.11 Å². The summed E-state index contributed by atoms with van der Waals surface area (Å²) < 4.78 is 9.84. The van der Waals surface area contributed by atoms with Gasteiger partial charge >= 0.3 is 5.97 Å². The average Bonchev–Trinajstić information content (AvgIpc) is 2.95. The molecule has 0 saturated carbocycles. The molecule has 1 N–H and O–H groups in total. The van der Waals surface area contributed by atoms with E-state index in [0.717, 1.165) is 12.8 Å². The molecule has 114 valence electrons. The first-order chi connectivity index (χ1) is 9.69. The van der Waals surface area contributed by atoms with E-state index in [4.69, 9.17) is 4.42 Å². The van der Waals surface area contributed by atoms with Gasteiger partial charge in [-0.1, -0.05) is 51.9 Å². The smallest absolute Gasteiger partial charge is 0.373 e. The summed E-state index contributed by atoms with van der Waals surface area (Å²) in [6.45, 7) is 2.21. The molecular formula is C16H26O4. The second-order valence-corrected chi connectivity index (χ2v) is 5.12. The maximum absolute atomic E-state index is 11.2. The van der Waals surface area contributed by atoms with Crippen molar-refractivity contribution in [2.45, 2.75) is 64.4 Å². The lowest BCUT2D eigenvalue weighted by Gasteiger charge is -2.07. The van der Waals surface area contributed by atoms with Gasteiger partial charge in [-0.15, -0.1) is 0 Å². The summed E-state index contributed by atoms with van der Waals surface area (Å²) in [5, 5.41) is 9.98. The normalized spacial score (nSPS) is 12.3. The van der Waals surface area contributed by atoms with E-state index in [-0.39, 0.29) is 5.76 Å². The van der Waals surface area contributed by atoms with Crippen molar-refractivity contribution in [3.8, 4) is 0 Å². The van der Waals surface area contributed by atoms with Crippen molar-refractivity contribution in [1.82, 2.24) is 0 Å². The maximum Gasteiger partial charge on any atom is 0.373 e. The minimum atomic E-state index is -0.635. The molecule has 0 aliphatic heterocycles. The standard InChI is InChI=1S/C16H26O4/c1-3-4-5-6-7-8-9-10-13(17)14-11-12-15(20-14)16(18)19-2/h11-13,17H,3-10H2,1-2H3. The van der Waals surface area contributed by atoms with E-state index >= 15 is 0 Å². The van der Waals surface area contributed by atoms with Gasteiger partial charge in [0.2, 0.25) is 5.76 Å². The molecule has 0 saturated heterocycles. The van der Waals surface area contributed by atoms with Crippen molar-refractivity contribution >= 4 is 5.97 Å². The van der Waals surface area contributed by atoms with E-state index in [1.165, 1.54) is 45.3 Å². The molecule has 1 aromatic rings. The SMILES string of the molecule is CCCCCCCCCC(O)c1ccc(C(=O)OC)o1. The van der Waals surface area contributed by atoms with Crippen LogP contribution >= 0.6 is 0 Å². The largest absolute Gasteiger partial charge is 0.463 e. The molecule has 4 heteroatoms. The Labute approximate surface area is 121 Å². The highest BCUT2D eigenvalue weighted by molar-refractivity contribution is 5.86. The zero-order chi connectivity index (χ0) is 14.8. The fourth-order valence-corrected chi connectivity index (χ4v) is 2.18. The number of ether oxygens (including phenoxy) is 1. The van der Waals surface area contributed by atoms with Crippen LogP contribution < -0.4 is 0 Å². The molecule has 0 aliphatic carbocycles. The number of methoxy groups -OCH3 is 1. The Kier molecular flexibility index (Phi) is 8.04. The molecule has 1 unspecified atom stereocenters. The monoisotopic (exact) mass is 282 g/mol. The summed E-state index contributed by atoms with van der Waals surface area (Å²) in [4.78, 5) is 11.2. The highest BCUT2D eigenvalue weighted by Gasteiger charge is 2.16. The van der Waals surface area contributed by atoms with Crippen LogP contribution in [0.15, 0.2) is 16.5 Å². The van der Waals surface area contributed by atoms with Crippen LogP contribution in [0.4, 0.5) is 0 Å². The number of carbonyl (C=O) groups is 1. The van der Waals surface area contributed by atoms with Gasteiger partial charge in [-0.2, -0.15) is 0 Å². The first-order valence-corrected chi connectivity index (χ1v) is 7.55. The fourth-order valence-electron chi connectivity index (χ4n) is 2.18. The Bertz CT molecular complexity index is 384. The van der Waals surface area contributed by atoms with Crippen molar-refractivity contribution in [2.75, 3.05) is 7.11 Å². The maximum atomic E-state index is 11.2. The number of hydrogen-bond acceptors (Lipinski definition) is 4. The predicted molar refractivity (Wildman–Crippen MR) is 77.6 cm³/mol. The van der Waals surface area contributed by atoms with Gasteiger partial charge in [0, 0.05) is 0 Å². The molecule has 1 atom stereocenters. The molecule has 0 radical (unpaired) electrons. The van der Waals surface area contributed by atoms with Gasteiger partial charge in [0.1, 0.15) is 11.9 Å². The number of esters is 1. The summed E-state index contributed by atoms with van der Waals surface area (Å²) in [7, 11) is 1.31. The lowest BCUT2D eigenvalue weighted by atomic mass is 10.1. The number of hydrogen-bond donors (Lipinski definition) is 1. The summed E-state index contributed by atoms with van der Waals surface area (Å²) in [6, 6.07) is 3.17. The Morgan fingerprint density at radius 2 is 1.85 bits per heavy atom. The highest BCUT2D eigenvalue weighted by Crippen LogP contribution is 2.22. The van der Waals surface area contributed by atoms with Gasteiger partial charge in [-0.3, -0.25) is 0 Å². The van der Waals surface area contributed by atoms with E-state index in [9.17, 15) is 9.90 Å². The van der Waals surface area contributed by atoms with Crippen molar-refractivity contribution in [1.29, 1.82) is 0 Å². The summed E-state index contributed by atoms with van der Waals surface area (Å²) in [6.07, 6.45) is 8.51. The van der Waals surface area contributed by atoms with E-state index in [1.807, 2.05) is 0 Å². The zero-order valence-electron chi connectivity index (χ0n) is 12.6. The third-order valence-electron chi connectivity index (χ3n) is 3.42. The van der Waals surface area contributed by atoms with Crippen molar-refractivity contribution in [3.63, 3.8) is 0 Å². The topological polar surface area (TPSA) is 59.7 Å². The molecule has 4 nitrogen and oxygen atoms in total. The molecular weight excluding hydrogens is 256 g/mol. The number of unbranched alkanes of at least 4 members (excludes halogenated alkanes) is 6. The van der Waals surface area contributed by atoms with Gasteiger partial charge in [-0.05, 0) is 18.6 Å². The van der Waals surface area contributed by atoms with Crippen molar-refractivity contribution < 1.29 is 19.1 Å². The molecule has 1 rings (SSSR count). The second-order valence-electron chi connectivity index (χ2n) is 5.12. The summed E-state index contributed by atoms with van der Waals surface area (Å²) in [5.41, 5.74) is 0. The number of furan rings is 1. The number of carbonyl (C=O) groups excluding carboxylic acids is 1. The second kappa shape index (κ2) is 9.59. The fraction of sp³-hybridized carbons (Fsp3) is 0.688. The molecule has 1 aromatic heterocycles. The molecule has 0 fully saturated rings. The third kappa shape index (κ3) is 5.78. The van der Waals surface area contributed by atoms with Gasteiger partial charge in [0.25, 0.3) is 0 Å². The van der Waals surface area contributed by atoms with Crippen LogP contribution in [0, 0.1) is 0 Å². The minimum Gasteiger partial charge on any atom is -0.463 e. The molecule has 20 heavy (non-hydrogen) atoms. The number of aliphatic hydroxyl groups is 1. The quantitative estimate of drug-likeness (QED) is 0.515. The lowest BCUT2D eigenvalue weighted by molar-refractivity contribution is 0.0553. The molecule has 0 aliphatic rings. The number of rotatable bonds is 10. The Balaban J connectivity index is 2.20. The van der Waals surface area contributed by atoms with Crippen molar-refractivity contribution in [3.05, 3.63) is 23.7 Å². The van der Waals surface area contributed by atoms with Crippen LogP contribution in [-0.2, 0) is 4.74 Å². The highest BCUT2D eigenvalue weighted by atomic mass is 16.5. The Hall–Kier alpha value is -1.29. The summed E-state index contributed by atoms with van der Waals surface area (Å²) in [5.74, 6) is 0.0665. The van der Waals surface area contributed by atoms with Crippen LogP contribution in [0.5, 0.6) is 0 Å². The van der Waals surface area contributed by atoms with Gasteiger partial charge < -0.3 is 14.3 Å². The predicted octanol–water partition coefficient (Wildman–Crippen LogP) is 4.24. The van der Waals surface area contributed by atoms with Crippen LogP contribution in [0.25, 0.3) is 0 Å². The van der Waals surface area contributed by atoms with E-state index in [0.29, 0.717) is 12.2 Å². The van der Waals surface area contributed by atoms with Crippen LogP contribution in [0.2, 0.25) is 0 Å². The third-order valence-corrected chi connectivity index (χ3v) is 3.42. The molecule has 1 heterocycles. The van der Waals surface area contributed by atoms with Crippen molar-refractivity contribution in [2.24, 2.45) is 0 Å². The molecule has 0 aromatic carbocycles. The Morgan fingerprint density at radius 1 is 1.20 bits per heavy atom. The first-order valence-electron chi connectivity index (χ1n) is 7.55.